The fraction of sp³-hybridized carbons (Fsp3) is 0.320. The van der Waals surface area contributed by atoms with Gasteiger partial charge in [-0.1, -0.05) is 17.7 Å². The number of hydrogen-bond acceptors (Lipinski definition) is 6. The number of hydroxylamine groups is 1. The molecule has 11 heteroatoms. The van der Waals surface area contributed by atoms with Crippen molar-refractivity contribution in [2.75, 3.05) is 20.8 Å². The molecule has 0 saturated carbocycles. The van der Waals surface area contributed by atoms with Crippen LogP contribution in [0.3, 0.4) is 0 Å². The van der Waals surface area contributed by atoms with Gasteiger partial charge in [-0.05, 0) is 56.3 Å². The predicted octanol–water partition coefficient (Wildman–Crippen LogP) is 3.88. The molecule has 0 aliphatic carbocycles. The molecule has 0 bridgehead atoms. The number of rotatable bonds is 7. The first-order valence-electron chi connectivity index (χ1n) is 11.0. The van der Waals surface area contributed by atoms with Gasteiger partial charge in [-0.25, -0.2) is 14.1 Å². The molecule has 0 fully saturated rings. The van der Waals surface area contributed by atoms with Crippen LogP contribution in [-0.4, -0.2) is 47.5 Å². The van der Waals surface area contributed by atoms with E-state index in [2.05, 4.69) is 20.9 Å². The number of aryl methyl sites for hydroxylation is 2. The molecule has 0 saturated heterocycles. The molecule has 2 aromatic heterocycles. The minimum atomic E-state index is -0.798. The maximum absolute atomic E-state index is 13.2. The summed E-state index contributed by atoms with van der Waals surface area (Å²) in [5.74, 6) is 0.367. The number of alkyl halides is 1. The average Bonchev–Trinajstić information content (AvgIpc) is 3.48. The lowest BCUT2D eigenvalue weighted by atomic mass is 9.78. The van der Waals surface area contributed by atoms with Gasteiger partial charge in [0.05, 0.1) is 36.7 Å². The van der Waals surface area contributed by atoms with Crippen molar-refractivity contribution in [3.63, 3.8) is 0 Å². The summed E-state index contributed by atoms with van der Waals surface area (Å²) >= 11 is 6.20. The van der Waals surface area contributed by atoms with E-state index in [1.807, 2.05) is 26.0 Å². The maximum atomic E-state index is 13.2. The van der Waals surface area contributed by atoms with Crippen molar-refractivity contribution in [1.29, 1.82) is 0 Å². The smallest absolute Gasteiger partial charge is 0.244 e. The van der Waals surface area contributed by atoms with E-state index in [1.54, 1.807) is 43.1 Å². The first kappa shape index (κ1) is 27.1. The molecule has 0 spiro atoms. The van der Waals surface area contributed by atoms with Crippen molar-refractivity contribution in [3.8, 4) is 5.88 Å². The van der Waals surface area contributed by atoms with Gasteiger partial charge in [-0.3, -0.25) is 9.18 Å². The first-order chi connectivity index (χ1) is 17.2. The summed E-state index contributed by atoms with van der Waals surface area (Å²) in [5.41, 5.74) is 4.77. The van der Waals surface area contributed by atoms with Crippen LogP contribution in [0.1, 0.15) is 29.4 Å². The van der Waals surface area contributed by atoms with Crippen LogP contribution in [0.5, 0.6) is 5.88 Å². The highest BCUT2D eigenvalue weighted by Crippen LogP contribution is 2.39. The molecule has 3 heterocycles. The van der Waals surface area contributed by atoms with Crippen molar-refractivity contribution in [3.05, 3.63) is 82.0 Å². The zero-order chi connectivity index (χ0) is 26.5. The fourth-order valence-corrected chi connectivity index (χ4v) is 4.31. The highest BCUT2D eigenvalue weighted by Gasteiger charge is 2.39. The van der Waals surface area contributed by atoms with Crippen molar-refractivity contribution in [2.45, 2.75) is 25.3 Å². The van der Waals surface area contributed by atoms with Crippen LogP contribution in [0.25, 0.3) is 5.76 Å². The third-order valence-electron chi connectivity index (χ3n) is 5.84. The minimum Gasteiger partial charge on any atom is -0.481 e. The van der Waals surface area contributed by atoms with Crippen LogP contribution in [0.15, 0.2) is 48.5 Å². The minimum absolute atomic E-state index is 0.194. The molecule has 1 aliphatic heterocycles. The topological polar surface area (TPSA) is 90.3 Å². The standard InChI is InChI=1S/C24H25ClFN5O3.CH3F/c1-14-21(23(33-4)31(3)29-14)24(2,19-6-5-7-20(25)28-19)13-27-22(32)17-12-18(34-30-17)15-8-10-16(26)11-9-15;1-2/h5-12,17,30H,13H2,1-4H3,(H,27,32);1H3. The van der Waals surface area contributed by atoms with Crippen molar-refractivity contribution >= 4 is 23.3 Å². The molecular weight excluding hydrogens is 492 g/mol. The summed E-state index contributed by atoms with van der Waals surface area (Å²) in [4.78, 5) is 23.0. The lowest BCUT2D eigenvalue weighted by Gasteiger charge is -2.30. The summed E-state index contributed by atoms with van der Waals surface area (Å²) < 4.78 is 30.0. The number of hydrogen-bond donors (Lipinski definition) is 2. The van der Waals surface area contributed by atoms with Crippen molar-refractivity contribution in [1.82, 2.24) is 25.6 Å². The van der Waals surface area contributed by atoms with Gasteiger partial charge >= 0.3 is 0 Å². The van der Waals surface area contributed by atoms with Gasteiger partial charge in [0.25, 0.3) is 0 Å². The normalized spacial score (nSPS) is 16.2. The van der Waals surface area contributed by atoms with Crippen molar-refractivity contribution < 1.29 is 23.1 Å². The second-order valence-electron chi connectivity index (χ2n) is 8.22. The highest BCUT2D eigenvalue weighted by molar-refractivity contribution is 6.29. The third-order valence-corrected chi connectivity index (χ3v) is 6.05. The number of amides is 1. The number of ether oxygens (including phenoxy) is 1. The Bertz CT molecular complexity index is 1250. The van der Waals surface area contributed by atoms with E-state index < -0.39 is 11.5 Å². The monoisotopic (exact) mass is 519 g/mol. The molecule has 192 valence electrons. The van der Waals surface area contributed by atoms with Crippen LogP contribution in [-0.2, 0) is 22.1 Å². The van der Waals surface area contributed by atoms with Gasteiger partial charge in [-0.15, -0.1) is 5.48 Å². The number of halogens is 3. The van der Waals surface area contributed by atoms with Crippen LogP contribution < -0.4 is 15.5 Å². The third kappa shape index (κ3) is 5.50. The molecule has 3 aromatic rings. The molecule has 1 aromatic carbocycles. The number of carbonyl (C=O) groups is 1. The number of nitrogens with one attached hydrogen (secondary N) is 2. The lowest BCUT2D eigenvalue weighted by Crippen LogP contribution is -2.46. The zero-order valence-electron chi connectivity index (χ0n) is 20.6. The van der Waals surface area contributed by atoms with Gasteiger partial charge in [-0.2, -0.15) is 5.10 Å². The van der Waals surface area contributed by atoms with Gasteiger partial charge < -0.3 is 14.9 Å². The highest BCUT2D eigenvalue weighted by atomic mass is 35.5. The van der Waals surface area contributed by atoms with E-state index in [-0.39, 0.29) is 18.3 Å². The Kier molecular flexibility index (Phi) is 8.65. The molecule has 2 N–H and O–H groups in total. The molecule has 8 nitrogen and oxygen atoms in total. The first-order valence-corrected chi connectivity index (χ1v) is 11.4. The number of aromatic nitrogens is 3. The van der Waals surface area contributed by atoms with Crippen LogP contribution >= 0.6 is 11.6 Å². The lowest BCUT2D eigenvalue weighted by molar-refractivity contribution is -0.123. The number of nitrogens with zero attached hydrogens (tertiary/aromatic N) is 3. The van der Waals surface area contributed by atoms with Gasteiger partial charge in [0, 0.05) is 19.2 Å². The number of benzene rings is 1. The second kappa shape index (κ2) is 11.5. The fourth-order valence-electron chi connectivity index (χ4n) is 4.15. The van der Waals surface area contributed by atoms with Crippen LogP contribution in [0, 0.1) is 12.7 Å². The molecule has 2 unspecified atom stereocenters. The maximum Gasteiger partial charge on any atom is 0.244 e. The molecule has 1 aliphatic rings. The molecule has 1 amide bonds. The number of pyridine rings is 1. The van der Waals surface area contributed by atoms with E-state index in [9.17, 15) is 13.6 Å². The van der Waals surface area contributed by atoms with E-state index >= 15 is 0 Å². The quantitative estimate of drug-likeness (QED) is 0.460. The Hall–Kier alpha value is -3.50. The van der Waals surface area contributed by atoms with E-state index in [0.717, 1.165) is 11.3 Å². The number of methoxy groups -OCH3 is 1. The van der Waals surface area contributed by atoms with E-state index in [0.29, 0.717) is 35.2 Å². The summed E-state index contributed by atoms with van der Waals surface area (Å²) in [5, 5.41) is 7.83. The zero-order valence-corrected chi connectivity index (χ0v) is 21.4. The van der Waals surface area contributed by atoms with Gasteiger partial charge in [0.1, 0.15) is 17.0 Å². The largest absolute Gasteiger partial charge is 0.481 e. The Morgan fingerprint density at radius 1 is 1.28 bits per heavy atom. The SMILES string of the molecule is CF.COc1c(C(C)(CNC(=O)C2C=C(c3ccc(F)cc3)ON2)c2cccc(Cl)n2)c(C)nn1C. The molecule has 2 atom stereocenters. The van der Waals surface area contributed by atoms with Crippen LogP contribution in [0.2, 0.25) is 5.15 Å². The van der Waals surface area contributed by atoms with E-state index in [1.165, 1.54) is 12.1 Å². The van der Waals surface area contributed by atoms with Crippen LogP contribution in [0.4, 0.5) is 8.78 Å². The molecular formula is C25H28ClF2N5O3. The molecule has 4 rings (SSSR count). The summed E-state index contributed by atoms with van der Waals surface area (Å²) in [7, 11) is 3.87. The Morgan fingerprint density at radius 3 is 2.61 bits per heavy atom. The molecule has 36 heavy (non-hydrogen) atoms. The summed E-state index contributed by atoms with van der Waals surface area (Å²) in [6.07, 6.45) is 1.65. The predicted molar refractivity (Wildman–Crippen MR) is 133 cm³/mol. The Morgan fingerprint density at radius 2 is 1.97 bits per heavy atom. The van der Waals surface area contributed by atoms with Crippen molar-refractivity contribution in [2.24, 2.45) is 7.05 Å². The Labute approximate surface area is 213 Å². The summed E-state index contributed by atoms with van der Waals surface area (Å²) in [6.45, 7) is 4.03. The van der Waals surface area contributed by atoms with E-state index in [4.69, 9.17) is 21.2 Å². The number of carbonyl (C=O) groups excluding carboxylic acids is 1. The Balaban J connectivity index is 0.00000176. The summed E-state index contributed by atoms with van der Waals surface area (Å²) in [6, 6.07) is 10.5. The van der Waals surface area contributed by atoms with Gasteiger partial charge in [0.2, 0.25) is 11.8 Å². The van der Waals surface area contributed by atoms with Gasteiger partial charge in [0.15, 0.2) is 5.76 Å². The average molecular weight is 520 g/mol. The molecule has 0 radical (unpaired) electrons. The second-order valence-corrected chi connectivity index (χ2v) is 8.61.